The van der Waals surface area contributed by atoms with Crippen molar-refractivity contribution in [3.8, 4) is 0 Å². The molecule has 0 aliphatic rings. The maximum atomic E-state index is 12.1. The number of nitrogens with zero attached hydrogens (tertiary/aromatic N) is 3. The van der Waals surface area contributed by atoms with Crippen LogP contribution in [0.5, 0.6) is 0 Å². The van der Waals surface area contributed by atoms with E-state index in [4.69, 9.17) is 5.73 Å². The van der Waals surface area contributed by atoms with Crippen molar-refractivity contribution in [3.63, 3.8) is 0 Å². The Morgan fingerprint density at radius 2 is 2.10 bits per heavy atom. The van der Waals surface area contributed by atoms with Crippen molar-refractivity contribution >= 4 is 17.4 Å². The summed E-state index contributed by atoms with van der Waals surface area (Å²) < 4.78 is 1.80. The number of carbonyl (C=O) groups excluding carboxylic acids is 1. The number of rotatable bonds is 5. The third-order valence-corrected chi connectivity index (χ3v) is 2.86. The quantitative estimate of drug-likeness (QED) is 0.805. The number of nitrogens with two attached hydrogens (primary N) is 1. The molecule has 0 radical (unpaired) electrons. The first kappa shape index (κ1) is 14.1. The van der Waals surface area contributed by atoms with Crippen LogP contribution in [0.25, 0.3) is 0 Å². The molecule has 1 aromatic carbocycles. The zero-order valence-corrected chi connectivity index (χ0v) is 11.7. The lowest BCUT2D eigenvalue weighted by atomic mass is 10.2. The fraction of sp³-hybridized carbons (Fsp3) is 0.286. The number of nitrogens with one attached hydrogen (secondary N) is 1. The van der Waals surface area contributed by atoms with E-state index in [2.05, 4.69) is 15.3 Å². The molecule has 20 heavy (non-hydrogen) atoms. The van der Waals surface area contributed by atoms with Gasteiger partial charge in [0.05, 0.1) is 12.1 Å². The van der Waals surface area contributed by atoms with Gasteiger partial charge in [0.25, 0.3) is 5.91 Å². The van der Waals surface area contributed by atoms with E-state index >= 15 is 0 Å². The van der Waals surface area contributed by atoms with E-state index in [1.165, 1.54) is 0 Å². The maximum absolute atomic E-state index is 12.1. The zero-order chi connectivity index (χ0) is 14.5. The highest BCUT2D eigenvalue weighted by atomic mass is 16.1. The van der Waals surface area contributed by atoms with Crippen LogP contribution in [0, 0.1) is 0 Å². The normalized spacial score (nSPS) is 10.8. The molecule has 0 bridgehead atoms. The van der Waals surface area contributed by atoms with Crippen LogP contribution in [0.2, 0.25) is 0 Å². The van der Waals surface area contributed by atoms with E-state index in [0.717, 1.165) is 13.1 Å². The second-order valence-electron chi connectivity index (χ2n) is 4.81. The Balaban J connectivity index is 2.00. The first-order valence-electron chi connectivity index (χ1n) is 6.40. The summed E-state index contributed by atoms with van der Waals surface area (Å²) in [6.07, 6.45) is 1.84. The van der Waals surface area contributed by atoms with Crippen molar-refractivity contribution in [2.75, 3.05) is 31.7 Å². The van der Waals surface area contributed by atoms with Gasteiger partial charge >= 0.3 is 0 Å². The molecule has 0 aliphatic heterocycles. The Morgan fingerprint density at radius 3 is 2.80 bits per heavy atom. The molecule has 0 aliphatic carbocycles. The molecule has 6 heteroatoms. The smallest absolute Gasteiger partial charge is 0.258 e. The lowest BCUT2D eigenvalue weighted by Crippen LogP contribution is -2.19. The third kappa shape index (κ3) is 3.58. The minimum Gasteiger partial charge on any atom is -0.398 e. The molecule has 106 valence electrons. The van der Waals surface area contributed by atoms with E-state index < -0.39 is 0 Å². The SMILES string of the molecule is CN(C)CCn1ccc(NC(=O)c2ccccc2N)n1. The van der Waals surface area contributed by atoms with Gasteiger partial charge in [0, 0.05) is 24.5 Å². The van der Waals surface area contributed by atoms with Crippen molar-refractivity contribution in [2.45, 2.75) is 6.54 Å². The third-order valence-electron chi connectivity index (χ3n) is 2.86. The number of nitrogen functional groups attached to an aromatic ring is 1. The van der Waals surface area contributed by atoms with E-state index in [1.54, 1.807) is 35.0 Å². The topological polar surface area (TPSA) is 76.2 Å². The summed E-state index contributed by atoms with van der Waals surface area (Å²) in [4.78, 5) is 14.1. The lowest BCUT2D eigenvalue weighted by molar-refractivity contribution is 0.102. The number of anilines is 2. The van der Waals surface area contributed by atoms with Gasteiger partial charge < -0.3 is 16.0 Å². The Labute approximate surface area is 118 Å². The molecule has 0 atom stereocenters. The van der Waals surface area contributed by atoms with Gasteiger partial charge in [-0.1, -0.05) is 12.1 Å². The highest BCUT2D eigenvalue weighted by molar-refractivity contribution is 6.07. The molecular weight excluding hydrogens is 254 g/mol. The minimum absolute atomic E-state index is 0.249. The molecule has 6 nitrogen and oxygen atoms in total. The highest BCUT2D eigenvalue weighted by Gasteiger charge is 2.10. The number of benzene rings is 1. The largest absolute Gasteiger partial charge is 0.398 e. The van der Waals surface area contributed by atoms with Crippen LogP contribution in [-0.2, 0) is 6.54 Å². The molecule has 0 saturated heterocycles. The van der Waals surface area contributed by atoms with Gasteiger partial charge in [-0.25, -0.2) is 0 Å². The molecule has 1 aromatic heterocycles. The fourth-order valence-electron chi connectivity index (χ4n) is 1.74. The molecule has 0 fully saturated rings. The summed E-state index contributed by atoms with van der Waals surface area (Å²) in [5, 5.41) is 7.04. The van der Waals surface area contributed by atoms with E-state index in [1.807, 2.05) is 20.3 Å². The van der Waals surface area contributed by atoms with Gasteiger partial charge in [0.15, 0.2) is 5.82 Å². The lowest BCUT2D eigenvalue weighted by Gasteiger charge is -2.08. The number of aromatic nitrogens is 2. The van der Waals surface area contributed by atoms with Crippen LogP contribution in [0.15, 0.2) is 36.5 Å². The van der Waals surface area contributed by atoms with Crippen molar-refractivity contribution in [3.05, 3.63) is 42.1 Å². The molecule has 0 unspecified atom stereocenters. The predicted molar refractivity (Wildman–Crippen MR) is 79.6 cm³/mol. The summed E-state index contributed by atoms with van der Waals surface area (Å²) >= 11 is 0. The first-order chi connectivity index (χ1) is 9.56. The van der Waals surface area contributed by atoms with Crippen molar-refractivity contribution in [1.29, 1.82) is 0 Å². The molecule has 1 amide bonds. The molecule has 2 aromatic rings. The molecule has 3 N–H and O–H groups in total. The van der Waals surface area contributed by atoms with Gasteiger partial charge in [-0.05, 0) is 26.2 Å². The Hall–Kier alpha value is -2.34. The molecule has 0 spiro atoms. The summed E-state index contributed by atoms with van der Waals surface area (Å²) in [6.45, 7) is 1.66. The van der Waals surface area contributed by atoms with Crippen LogP contribution in [0.3, 0.4) is 0 Å². The number of carbonyl (C=O) groups is 1. The first-order valence-corrected chi connectivity index (χ1v) is 6.40. The number of hydrogen-bond acceptors (Lipinski definition) is 4. The van der Waals surface area contributed by atoms with Gasteiger partial charge in [-0.3, -0.25) is 9.48 Å². The Bertz CT molecular complexity index is 591. The second kappa shape index (κ2) is 6.21. The highest BCUT2D eigenvalue weighted by Crippen LogP contribution is 2.13. The fourth-order valence-corrected chi connectivity index (χ4v) is 1.74. The number of likely N-dealkylation sites (N-methyl/N-ethyl adjacent to an activating group) is 1. The minimum atomic E-state index is -0.249. The monoisotopic (exact) mass is 273 g/mol. The van der Waals surface area contributed by atoms with Gasteiger partial charge in [0.2, 0.25) is 0 Å². The number of para-hydroxylation sites is 1. The summed E-state index contributed by atoms with van der Waals surface area (Å²) in [7, 11) is 4.01. The Kier molecular flexibility index (Phi) is 4.37. The van der Waals surface area contributed by atoms with Crippen LogP contribution in [0.1, 0.15) is 10.4 Å². The van der Waals surface area contributed by atoms with E-state index in [-0.39, 0.29) is 5.91 Å². The van der Waals surface area contributed by atoms with Gasteiger partial charge in [0.1, 0.15) is 0 Å². The van der Waals surface area contributed by atoms with E-state index in [9.17, 15) is 4.79 Å². The molecule has 0 saturated carbocycles. The van der Waals surface area contributed by atoms with Crippen LogP contribution in [0.4, 0.5) is 11.5 Å². The summed E-state index contributed by atoms with van der Waals surface area (Å²) in [5.74, 6) is 0.276. The molecular formula is C14H19N5O. The number of amides is 1. The molecule has 1 heterocycles. The predicted octanol–water partition coefficient (Wildman–Crippen LogP) is 1.28. The second-order valence-corrected chi connectivity index (χ2v) is 4.81. The molecule has 2 rings (SSSR count). The zero-order valence-electron chi connectivity index (χ0n) is 11.7. The standard InChI is InChI=1S/C14H19N5O/c1-18(2)9-10-19-8-7-13(17-19)16-14(20)11-5-3-4-6-12(11)15/h3-8H,9-10,15H2,1-2H3,(H,16,17,20). The van der Waals surface area contributed by atoms with Crippen LogP contribution < -0.4 is 11.1 Å². The van der Waals surface area contributed by atoms with Gasteiger partial charge in [-0.15, -0.1) is 0 Å². The number of hydrogen-bond donors (Lipinski definition) is 2. The van der Waals surface area contributed by atoms with Crippen LogP contribution in [-0.4, -0.2) is 41.2 Å². The van der Waals surface area contributed by atoms with E-state index in [0.29, 0.717) is 17.1 Å². The van der Waals surface area contributed by atoms with Crippen molar-refractivity contribution in [2.24, 2.45) is 0 Å². The average molecular weight is 273 g/mol. The van der Waals surface area contributed by atoms with Crippen molar-refractivity contribution in [1.82, 2.24) is 14.7 Å². The van der Waals surface area contributed by atoms with Crippen LogP contribution >= 0.6 is 0 Å². The Morgan fingerprint density at radius 1 is 1.35 bits per heavy atom. The average Bonchev–Trinajstić information content (AvgIpc) is 2.84. The maximum Gasteiger partial charge on any atom is 0.258 e. The summed E-state index contributed by atoms with van der Waals surface area (Å²) in [5.41, 5.74) is 6.68. The van der Waals surface area contributed by atoms with Crippen molar-refractivity contribution < 1.29 is 4.79 Å². The summed E-state index contributed by atoms with van der Waals surface area (Å²) in [6, 6.07) is 8.73. The van der Waals surface area contributed by atoms with Gasteiger partial charge in [-0.2, -0.15) is 5.10 Å².